The van der Waals surface area contributed by atoms with Gasteiger partial charge in [0.1, 0.15) is 0 Å². The first-order valence-electron chi connectivity index (χ1n) is 3.35. The Balaban J connectivity index is 3.37. The molecule has 1 nitrogen and oxygen atoms in total. The molecule has 0 aliphatic heterocycles. The SMILES string of the molecule is C=C(/C=C\CC)CCN. The minimum absolute atomic E-state index is 0.701. The Kier molecular flexibility index (Phi) is 5.23. The molecule has 2 N–H and O–H groups in total. The van der Waals surface area contributed by atoms with E-state index in [4.69, 9.17) is 5.73 Å². The Morgan fingerprint density at radius 3 is 2.78 bits per heavy atom. The molecule has 0 fully saturated rings. The maximum Gasteiger partial charge on any atom is -0.00369 e. The van der Waals surface area contributed by atoms with Gasteiger partial charge in [-0.05, 0) is 19.4 Å². The molecule has 9 heavy (non-hydrogen) atoms. The van der Waals surface area contributed by atoms with Gasteiger partial charge >= 0.3 is 0 Å². The zero-order chi connectivity index (χ0) is 7.11. The molecular weight excluding hydrogens is 110 g/mol. The third kappa shape index (κ3) is 5.31. The lowest BCUT2D eigenvalue weighted by molar-refractivity contribution is 0.975. The lowest BCUT2D eigenvalue weighted by Crippen LogP contribution is -1.98. The Bertz CT molecular complexity index is 103. The van der Waals surface area contributed by atoms with Crippen LogP contribution >= 0.6 is 0 Å². The highest BCUT2D eigenvalue weighted by atomic mass is 14.5. The molecule has 52 valence electrons. The molecule has 0 spiro atoms. The maximum absolute atomic E-state index is 5.31. The fourth-order valence-corrected chi connectivity index (χ4v) is 0.553. The summed E-state index contributed by atoms with van der Waals surface area (Å²) < 4.78 is 0. The topological polar surface area (TPSA) is 26.0 Å². The summed E-state index contributed by atoms with van der Waals surface area (Å²) >= 11 is 0. The number of hydrogen-bond donors (Lipinski definition) is 1. The average molecular weight is 125 g/mol. The fourth-order valence-electron chi connectivity index (χ4n) is 0.553. The van der Waals surface area contributed by atoms with Crippen molar-refractivity contribution in [1.82, 2.24) is 0 Å². The van der Waals surface area contributed by atoms with Crippen molar-refractivity contribution >= 4 is 0 Å². The van der Waals surface area contributed by atoms with Crippen molar-refractivity contribution < 1.29 is 0 Å². The summed E-state index contributed by atoms with van der Waals surface area (Å²) in [4.78, 5) is 0. The van der Waals surface area contributed by atoms with Crippen molar-refractivity contribution in [3.63, 3.8) is 0 Å². The molecule has 1 heteroatoms. The molecule has 0 unspecified atom stereocenters. The van der Waals surface area contributed by atoms with Gasteiger partial charge in [0.2, 0.25) is 0 Å². The van der Waals surface area contributed by atoms with E-state index >= 15 is 0 Å². The van der Waals surface area contributed by atoms with Crippen LogP contribution < -0.4 is 5.73 Å². The van der Waals surface area contributed by atoms with E-state index in [0.29, 0.717) is 6.54 Å². The monoisotopic (exact) mass is 125 g/mol. The van der Waals surface area contributed by atoms with Gasteiger partial charge in [-0.1, -0.05) is 31.2 Å². The molecule has 0 rings (SSSR count). The van der Waals surface area contributed by atoms with Gasteiger partial charge in [0.05, 0.1) is 0 Å². The minimum atomic E-state index is 0.701. The molecular formula is C8H15N. The van der Waals surface area contributed by atoms with E-state index in [1.807, 2.05) is 6.08 Å². The van der Waals surface area contributed by atoms with E-state index in [1.54, 1.807) is 0 Å². The Hall–Kier alpha value is -0.560. The van der Waals surface area contributed by atoms with Crippen molar-refractivity contribution in [3.05, 3.63) is 24.3 Å². The van der Waals surface area contributed by atoms with Crippen LogP contribution in [0, 0.1) is 0 Å². The highest BCUT2D eigenvalue weighted by molar-refractivity contribution is 5.13. The molecule has 0 saturated carbocycles. The van der Waals surface area contributed by atoms with E-state index in [0.717, 1.165) is 18.4 Å². The van der Waals surface area contributed by atoms with Crippen LogP contribution in [0.5, 0.6) is 0 Å². The van der Waals surface area contributed by atoms with Gasteiger partial charge in [0.25, 0.3) is 0 Å². The third-order valence-electron chi connectivity index (χ3n) is 1.05. The Labute approximate surface area is 57.3 Å². The maximum atomic E-state index is 5.31. The molecule has 0 radical (unpaired) electrons. The Morgan fingerprint density at radius 2 is 2.33 bits per heavy atom. The van der Waals surface area contributed by atoms with Crippen LogP contribution in [0.3, 0.4) is 0 Å². The van der Waals surface area contributed by atoms with Crippen LogP contribution in [0.2, 0.25) is 0 Å². The van der Waals surface area contributed by atoms with Crippen molar-refractivity contribution in [2.45, 2.75) is 19.8 Å². The molecule has 0 aromatic rings. The predicted octanol–water partition coefficient (Wildman–Crippen LogP) is 1.86. The summed E-state index contributed by atoms with van der Waals surface area (Å²) in [7, 11) is 0. The molecule has 0 aromatic heterocycles. The second-order valence-corrected chi connectivity index (χ2v) is 2.01. The largest absolute Gasteiger partial charge is 0.330 e. The van der Waals surface area contributed by atoms with Gasteiger partial charge in [-0.25, -0.2) is 0 Å². The van der Waals surface area contributed by atoms with Gasteiger partial charge in [-0.15, -0.1) is 0 Å². The standard InChI is InChI=1S/C8H15N/c1-3-4-5-8(2)6-7-9/h4-5H,2-3,6-7,9H2,1H3/b5-4-. The molecule has 0 aliphatic carbocycles. The molecule has 0 atom stereocenters. The minimum Gasteiger partial charge on any atom is -0.330 e. The molecule has 0 aliphatic rings. The molecule has 0 bridgehead atoms. The van der Waals surface area contributed by atoms with Crippen molar-refractivity contribution in [1.29, 1.82) is 0 Å². The van der Waals surface area contributed by atoms with Gasteiger partial charge < -0.3 is 5.73 Å². The van der Waals surface area contributed by atoms with Crippen LogP contribution in [-0.2, 0) is 0 Å². The lowest BCUT2D eigenvalue weighted by atomic mass is 10.2. The van der Waals surface area contributed by atoms with Crippen LogP contribution in [0.4, 0.5) is 0 Å². The second-order valence-electron chi connectivity index (χ2n) is 2.01. The van der Waals surface area contributed by atoms with E-state index in [2.05, 4.69) is 19.6 Å². The average Bonchev–Trinajstić information content (AvgIpc) is 1.85. The number of hydrogen-bond acceptors (Lipinski definition) is 1. The number of allylic oxidation sites excluding steroid dienone is 2. The summed E-state index contributed by atoms with van der Waals surface area (Å²) in [5.74, 6) is 0. The van der Waals surface area contributed by atoms with Gasteiger partial charge in [-0.3, -0.25) is 0 Å². The predicted molar refractivity (Wildman–Crippen MR) is 42.2 cm³/mol. The van der Waals surface area contributed by atoms with E-state index in [1.165, 1.54) is 0 Å². The first kappa shape index (κ1) is 8.44. The summed E-state index contributed by atoms with van der Waals surface area (Å²) in [5, 5.41) is 0. The first-order chi connectivity index (χ1) is 4.31. The fraction of sp³-hybridized carbons (Fsp3) is 0.500. The normalized spacial score (nSPS) is 10.4. The van der Waals surface area contributed by atoms with E-state index < -0.39 is 0 Å². The lowest BCUT2D eigenvalue weighted by Gasteiger charge is -1.92. The number of rotatable bonds is 4. The van der Waals surface area contributed by atoms with Gasteiger partial charge in [0, 0.05) is 0 Å². The molecule has 0 saturated heterocycles. The van der Waals surface area contributed by atoms with E-state index in [-0.39, 0.29) is 0 Å². The quantitative estimate of drug-likeness (QED) is 0.570. The third-order valence-corrected chi connectivity index (χ3v) is 1.05. The van der Waals surface area contributed by atoms with Crippen LogP contribution in [-0.4, -0.2) is 6.54 Å². The highest BCUT2D eigenvalue weighted by Gasteiger charge is 1.82. The highest BCUT2D eigenvalue weighted by Crippen LogP contribution is 1.97. The van der Waals surface area contributed by atoms with Crippen molar-refractivity contribution in [2.24, 2.45) is 5.73 Å². The summed E-state index contributed by atoms with van der Waals surface area (Å²) in [6.45, 7) is 6.62. The van der Waals surface area contributed by atoms with Crippen molar-refractivity contribution in [3.8, 4) is 0 Å². The van der Waals surface area contributed by atoms with Crippen molar-refractivity contribution in [2.75, 3.05) is 6.54 Å². The molecule has 0 amide bonds. The zero-order valence-corrected chi connectivity index (χ0v) is 6.06. The summed E-state index contributed by atoms with van der Waals surface area (Å²) in [5.41, 5.74) is 6.43. The smallest absolute Gasteiger partial charge is 0.00369 e. The second kappa shape index (κ2) is 5.57. The summed E-state index contributed by atoms with van der Waals surface area (Å²) in [6.07, 6.45) is 6.12. The summed E-state index contributed by atoms with van der Waals surface area (Å²) in [6, 6.07) is 0. The van der Waals surface area contributed by atoms with Crippen LogP contribution in [0.25, 0.3) is 0 Å². The molecule has 0 aromatic carbocycles. The first-order valence-corrected chi connectivity index (χ1v) is 3.35. The Morgan fingerprint density at radius 1 is 1.67 bits per heavy atom. The zero-order valence-electron chi connectivity index (χ0n) is 6.06. The molecule has 0 heterocycles. The number of nitrogens with two attached hydrogens (primary N) is 1. The van der Waals surface area contributed by atoms with Gasteiger partial charge in [-0.2, -0.15) is 0 Å². The van der Waals surface area contributed by atoms with Crippen LogP contribution in [0.1, 0.15) is 19.8 Å². The van der Waals surface area contributed by atoms with E-state index in [9.17, 15) is 0 Å². The van der Waals surface area contributed by atoms with Crippen LogP contribution in [0.15, 0.2) is 24.3 Å². The van der Waals surface area contributed by atoms with Gasteiger partial charge in [0.15, 0.2) is 0 Å².